The summed E-state index contributed by atoms with van der Waals surface area (Å²) in [5.74, 6) is 0.482. The van der Waals surface area contributed by atoms with E-state index in [1.165, 1.54) is 11.1 Å². The number of carbonyl (C=O) groups excluding carboxylic acids is 1. The highest BCUT2D eigenvalue weighted by atomic mass is 16.5. The van der Waals surface area contributed by atoms with Crippen molar-refractivity contribution in [1.82, 2.24) is 15.4 Å². The van der Waals surface area contributed by atoms with Crippen LogP contribution < -0.4 is 15.2 Å². The molecule has 0 bridgehead atoms. The number of nitrogens with zero attached hydrogens (tertiary/aromatic N) is 2. The fourth-order valence-corrected chi connectivity index (χ4v) is 2.66. The van der Waals surface area contributed by atoms with Gasteiger partial charge in [0, 0.05) is 5.56 Å². The number of aryl methyl sites for hydroxylation is 1. The molecule has 7 nitrogen and oxygen atoms in total. The molecule has 7 heteroatoms. The minimum Gasteiger partial charge on any atom is -0.493 e. The predicted octanol–water partition coefficient (Wildman–Crippen LogP) is 2.78. The van der Waals surface area contributed by atoms with Gasteiger partial charge in [-0.25, -0.2) is 0 Å². The second-order valence-electron chi connectivity index (χ2n) is 5.90. The number of nitrogens with two attached hydrogens (primary N) is 1. The molecule has 0 aliphatic carbocycles. The van der Waals surface area contributed by atoms with Crippen molar-refractivity contribution >= 4 is 5.91 Å². The summed E-state index contributed by atoms with van der Waals surface area (Å²) in [5, 5.41) is 10.2. The number of primary amides is 1. The van der Waals surface area contributed by atoms with Crippen LogP contribution in [0.25, 0.3) is 11.3 Å². The maximum absolute atomic E-state index is 11.4. The number of ether oxygens (including phenoxy) is 2. The van der Waals surface area contributed by atoms with E-state index < -0.39 is 5.91 Å². The molecule has 0 atom stereocenters. The number of hydrogen-bond donors (Lipinski definition) is 2. The number of aromatic amines is 1. The van der Waals surface area contributed by atoms with Crippen LogP contribution in [0.2, 0.25) is 0 Å². The van der Waals surface area contributed by atoms with Crippen LogP contribution in [0.1, 0.15) is 27.2 Å². The first kappa shape index (κ1) is 17.5. The molecule has 0 spiro atoms. The zero-order valence-corrected chi connectivity index (χ0v) is 14.9. The minimum atomic E-state index is -0.650. The van der Waals surface area contributed by atoms with E-state index in [0.717, 1.165) is 5.56 Å². The Morgan fingerprint density at radius 1 is 1.15 bits per heavy atom. The van der Waals surface area contributed by atoms with Crippen molar-refractivity contribution in [3.63, 3.8) is 0 Å². The van der Waals surface area contributed by atoms with Crippen LogP contribution in [0, 0.1) is 13.8 Å². The average Bonchev–Trinajstić information content (AvgIpc) is 3.13. The van der Waals surface area contributed by atoms with Crippen LogP contribution in [-0.2, 0) is 6.61 Å². The molecule has 3 aromatic rings. The van der Waals surface area contributed by atoms with Crippen molar-refractivity contribution in [2.45, 2.75) is 20.5 Å². The Morgan fingerprint density at radius 3 is 2.69 bits per heavy atom. The monoisotopic (exact) mass is 352 g/mol. The summed E-state index contributed by atoms with van der Waals surface area (Å²) in [7, 11) is 1.56. The Morgan fingerprint density at radius 2 is 1.96 bits per heavy atom. The zero-order chi connectivity index (χ0) is 18.7. The number of aromatic nitrogens is 3. The van der Waals surface area contributed by atoms with Gasteiger partial charge in [-0.3, -0.25) is 4.79 Å². The summed E-state index contributed by atoms with van der Waals surface area (Å²) in [5.41, 5.74) is 9.97. The van der Waals surface area contributed by atoms with Crippen LogP contribution in [0.5, 0.6) is 11.5 Å². The molecule has 0 radical (unpaired) electrons. The summed E-state index contributed by atoms with van der Waals surface area (Å²) >= 11 is 0. The highest BCUT2D eigenvalue weighted by Gasteiger charge is 2.17. The van der Waals surface area contributed by atoms with E-state index in [9.17, 15) is 4.79 Å². The number of hydrogen-bond acceptors (Lipinski definition) is 5. The molecule has 1 amide bonds. The van der Waals surface area contributed by atoms with Gasteiger partial charge >= 0.3 is 0 Å². The van der Waals surface area contributed by atoms with Crippen molar-refractivity contribution < 1.29 is 14.3 Å². The lowest BCUT2D eigenvalue weighted by molar-refractivity contribution is 0.0996. The first-order chi connectivity index (χ1) is 12.5. The quantitative estimate of drug-likeness (QED) is 0.710. The summed E-state index contributed by atoms with van der Waals surface area (Å²) in [6, 6.07) is 11.4. The number of amides is 1. The maximum atomic E-state index is 11.4. The fourth-order valence-electron chi connectivity index (χ4n) is 2.66. The summed E-state index contributed by atoms with van der Waals surface area (Å²) in [6.07, 6.45) is 0. The number of methoxy groups -OCH3 is 1. The van der Waals surface area contributed by atoms with Crippen LogP contribution >= 0.6 is 0 Å². The topological polar surface area (TPSA) is 103 Å². The second kappa shape index (κ2) is 7.26. The van der Waals surface area contributed by atoms with Crippen LogP contribution in [0.3, 0.4) is 0 Å². The standard InChI is InChI=1S/C19H20N4O3/c1-11-5-4-6-14(12(11)2)10-26-15-8-7-13(9-16(15)25-3)17-18(19(20)24)22-23-21-17/h4-9H,10H2,1-3H3,(H2,20,24)(H,21,22,23). The summed E-state index contributed by atoms with van der Waals surface area (Å²) in [6.45, 7) is 4.58. The smallest absolute Gasteiger partial charge is 0.271 e. The van der Waals surface area contributed by atoms with Crippen LogP contribution in [-0.4, -0.2) is 28.4 Å². The van der Waals surface area contributed by atoms with Gasteiger partial charge in [0.2, 0.25) is 0 Å². The van der Waals surface area contributed by atoms with Crippen molar-refractivity contribution in [2.75, 3.05) is 7.11 Å². The Bertz CT molecular complexity index is 950. The maximum Gasteiger partial charge on any atom is 0.271 e. The van der Waals surface area contributed by atoms with Crippen LogP contribution in [0.4, 0.5) is 0 Å². The highest BCUT2D eigenvalue weighted by molar-refractivity contribution is 5.96. The molecule has 0 fully saturated rings. The van der Waals surface area contributed by atoms with Gasteiger partial charge in [0.15, 0.2) is 17.2 Å². The van der Waals surface area contributed by atoms with E-state index >= 15 is 0 Å². The molecule has 1 aromatic heterocycles. The van der Waals surface area contributed by atoms with E-state index in [4.69, 9.17) is 15.2 Å². The second-order valence-corrected chi connectivity index (χ2v) is 5.90. The van der Waals surface area contributed by atoms with Gasteiger partial charge in [0.25, 0.3) is 5.91 Å². The zero-order valence-electron chi connectivity index (χ0n) is 14.9. The first-order valence-corrected chi connectivity index (χ1v) is 8.08. The van der Waals surface area contributed by atoms with Gasteiger partial charge in [-0.1, -0.05) is 18.2 Å². The van der Waals surface area contributed by atoms with E-state index in [1.54, 1.807) is 25.3 Å². The number of carbonyl (C=O) groups is 1. The first-order valence-electron chi connectivity index (χ1n) is 8.08. The number of benzene rings is 2. The van der Waals surface area contributed by atoms with E-state index in [2.05, 4.69) is 35.3 Å². The molecule has 0 saturated carbocycles. The third-order valence-electron chi connectivity index (χ3n) is 4.32. The van der Waals surface area contributed by atoms with Crippen LogP contribution in [0.15, 0.2) is 36.4 Å². The molecule has 3 N–H and O–H groups in total. The van der Waals surface area contributed by atoms with Gasteiger partial charge in [-0.2, -0.15) is 15.4 Å². The minimum absolute atomic E-state index is 0.0797. The van der Waals surface area contributed by atoms with Crippen molar-refractivity contribution in [2.24, 2.45) is 5.73 Å². The fraction of sp³-hybridized carbons (Fsp3) is 0.211. The molecular formula is C19H20N4O3. The number of rotatable bonds is 6. The molecular weight excluding hydrogens is 332 g/mol. The molecule has 0 saturated heterocycles. The average molecular weight is 352 g/mol. The third-order valence-corrected chi connectivity index (χ3v) is 4.32. The normalized spacial score (nSPS) is 10.6. The molecule has 134 valence electrons. The Labute approximate surface area is 151 Å². The summed E-state index contributed by atoms with van der Waals surface area (Å²) < 4.78 is 11.4. The predicted molar refractivity (Wildman–Crippen MR) is 97.1 cm³/mol. The lowest BCUT2D eigenvalue weighted by Crippen LogP contribution is -2.12. The molecule has 0 unspecified atom stereocenters. The van der Waals surface area contributed by atoms with Crippen molar-refractivity contribution in [1.29, 1.82) is 0 Å². The molecule has 1 heterocycles. The molecule has 2 aromatic carbocycles. The summed E-state index contributed by atoms with van der Waals surface area (Å²) in [4.78, 5) is 11.4. The molecule has 3 rings (SSSR count). The van der Waals surface area contributed by atoms with Gasteiger partial charge in [0.1, 0.15) is 12.3 Å². The Kier molecular flexibility index (Phi) is 4.88. The van der Waals surface area contributed by atoms with Gasteiger partial charge in [-0.05, 0) is 48.7 Å². The molecule has 26 heavy (non-hydrogen) atoms. The lowest BCUT2D eigenvalue weighted by Gasteiger charge is -2.14. The van der Waals surface area contributed by atoms with E-state index in [-0.39, 0.29) is 5.69 Å². The van der Waals surface area contributed by atoms with E-state index in [1.807, 2.05) is 12.1 Å². The van der Waals surface area contributed by atoms with E-state index in [0.29, 0.717) is 29.4 Å². The van der Waals surface area contributed by atoms with Gasteiger partial charge < -0.3 is 15.2 Å². The Balaban J connectivity index is 1.86. The molecule has 0 aliphatic heterocycles. The SMILES string of the molecule is COc1cc(-c2n[nH]nc2C(N)=O)ccc1OCc1cccc(C)c1C. The molecule has 0 aliphatic rings. The van der Waals surface area contributed by atoms with Crippen molar-refractivity contribution in [3.05, 3.63) is 58.8 Å². The third kappa shape index (κ3) is 3.37. The van der Waals surface area contributed by atoms with Gasteiger partial charge in [-0.15, -0.1) is 0 Å². The highest BCUT2D eigenvalue weighted by Crippen LogP contribution is 2.33. The Hall–Kier alpha value is -3.35. The van der Waals surface area contributed by atoms with Gasteiger partial charge in [0.05, 0.1) is 7.11 Å². The number of nitrogens with one attached hydrogen (secondary N) is 1. The number of H-pyrrole nitrogens is 1. The van der Waals surface area contributed by atoms with Crippen molar-refractivity contribution in [3.8, 4) is 22.8 Å². The lowest BCUT2D eigenvalue weighted by atomic mass is 10.0. The largest absolute Gasteiger partial charge is 0.493 e.